The van der Waals surface area contributed by atoms with Crippen LogP contribution in [0.25, 0.3) is 0 Å². The zero-order valence-corrected chi connectivity index (χ0v) is 8.99. The van der Waals surface area contributed by atoms with Crippen LogP contribution in [0.4, 0.5) is 4.79 Å². The van der Waals surface area contributed by atoms with Gasteiger partial charge >= 0.3 is 12.0 Å². The van der Waals surface area contributed by atoms with Gasteiger partial charge in [-0.25, -0.2) is 4.79 Å². The minimum atomic E-state index is -0.487. The maximum absolute atomic E-state index is 11.7. The van der Waals surface area contributed by atoms with Crippen molar-refractivity contribution >= 4 is 17.9 Å². The summed E-state index contributed by atoms with van der Waals surface area (Å²) in [7, 11) is 1.31. The summed E-state index contributed by atoms with van der Waals surface area (Å²) in [6.07, 6.45) is 2.18. The summed E-state index contributed by atoms with van der Waals surface area (Å²) in [4.78, 5) is 34.3. The predicted octanol–water partition coefficient (Wildman–Crippen LogP) is -0.216. The van der Waals surface area contributed by atoms with Crippen LogP contribution >= 0.6 is 0 Å². The molecule has 1 aliphatic heterocycles. The summed E-state index contributed by atoms with van der Waals surface area (Å²) in [5.41, 5.74) is 0. The Morgan fingerprint density at radius 2 is 2.12 bits per heavy atom. The van der Waals surface area contributed by atoms with Crippen LogP contribution in [0.15, 0.2) is 0 Å². The van der Waals surface area contributed by atoms with Gasteiger partial charge in [0.1, 0.15) is 0 Å². The minimum Gasteiger partial charge on any atom is -0.469 e. The number of methoxy groups -OCH3 is 1. The molecule has 2 fully saturated rings. The van der Waals surface area contributed by atoms with E-state index in [1.807, 2.05) is 0 Å². The van der Waals surface area contributed by atoms with Crippen molar-refractivity contribution in [2.45, 2.75) is 25.3 Å². The first kappa shape index (κ1) is 10.9. The van der Waals surface area contributed by atoms with E-state index in [4.69, 9.17) is 0 Å². The van der Waals surface area contributed by atoms with Crippen molar-refractivity contribution in [1.82, 2.24) is 10.6 Å². The number of nitrogens with one attached hydrogen (secondary N) is 2. The Morgan fingerprint density at radius 1 is 1.38 bits per heavy atom. The number of imide groups is 1. The van der Waals surface area contributed by atoms with Gasteiger partial charge in [0.05, 0.1) is 18.9 Å². The average Bonchev–Trinajstić information content (AvgIpc) is 2.26. The molecule has 0 radical (unpaired) electrons. The molecule has 16 heavy (non-hydrogen) atoms. The molecule has 88 valence electrons. The molecule has 0 aromatic heterocycles. The molecular weight excluding hydrogens is 212 g/mol. The SMILES string of the molecule is COC(=O)C1CCCC2NC(=O)NC(=O)C21. The molecule has 0 aromatic rings. The van der Waals surface area contributed by atoms with Crippen molar-refractivity contribution in [3.8, 4) is 0 Å². The van der Waals surface area contributed by atoms with Crippen molar-refractivity contribution in [2.75, 3.05) is 7.11 Å². The van der Waals surface area contributed by atoms with Crippen molar-refractivity contribution < 1.29 is 19.1 Å². The van der Waals surface area contributed by atoms with Gasteiger partial charge in [-0.2, -0.15) is 0 Å². The van der Waals surface area contributed by atoms with E-state index in [1.54, 1.807) is 0 Å². The van der Waals surface area contributed by atoms with Gasteiger partial charge in [-0.1, -0.05) is 6.42 Å². The molecule has 3 unspecified atom stereocenters. The third kappa shape index (κ3) is 1.75. The van der Waals surface area contributed by atoms with Crippen LogP contribution in [0.5, 0.6) is 0 Å². The first-order valence-corrected chi connectivity index (χ1v) is 5.32. The Balaban J connectivity index is 2.20. The molecule has 3 amide bonds. The van der Waals surface area contributed by atoms with Crippen molar-refractivity contribution in [1.29, 1.82) is 0 Å². The van der Waals surface area contributed by atoms with E-state index in [2.05, 4.69) is 15.4 Å². The van der Waals surface area contributed by atoms with Gasteiger partial charge in [0, 0.05) is 6.04 Å². The van der Waals surface area contributed by atoms with E-state index in [0.29, 0.717) is 6.42 Å². The number of hydrogen-bond acceptors (Lipinski definition) is 4. The number of carbonyl (C=O) groups excluding carboxylic acids is 3. The maximum atomic E-state index is 11.7. The molecule has 2 rings (SSSR count). The number of urea groups is 1. The van der Waals surface area contributed by atoms with Crippen molar-refractivity contribution in [3.05, 3.63) is 0 Å². The Labute approximate surface area is 92.7 Å². The molecule has 1 heterocycles. The second kappa shape index (κ2) is 4.11. The van der Waals surface area contributed by atoms with E-state index in [-0.39, 0.29) is 17.9 Å². The number of carbonyl (C=O) groups is 3. The monoisotopic (exact) mass is 226 g/mol. The zero-order chi connectivity index (χ0) is 11.7. The smallest absolute Gasteiger partial charge is 0.321 e. The lowest BCUT2D eigenvalue weighted by Crippen LogP contribution is -2.62. The third-order valence-corrected chi connectivity index (χ3v) is 3.26. The van der Waals surface area contributed by atoms with Gasteiger partial charge in [-0.3, -0.25) is 14.9 Å². The van der Waals surface area contributed by atoms with Gasteiger partial charge in [0.25, 0.3) is 0 Å². The zero-order valence-electron chi connectivity index (χ0n) is 8.99. The molecule has 6 nitrogen and oxygen atoms in total. The third-order valence-electron chi connectivity index (χ3n) is 3.26. The van der Waals surface area contributed by atoms with Crippen LogP contribution in [-0.4, -0.2) is 31.1 Å². The summed E-state index contributed by atoms with van der Waals surface area (Å²) in [6, 6.07) is -0.712. The van der Waals surface area contributed by atoms with Crippen LogP contribution in [0.2, 0.25) is 0 Å². The number of rotatable bonds is 1. The molecule has 2 N–H and O–H groups in total. The lowest BCUT2D eigenvalue weighted by molar-refractivity contribution is -0.153. The highest BCUT2D eigenvalue weighted by molar-refractivity contribution is 6.00. The average molecular weight is 226 g/mol. The van der Waals surface area contributed by atoms with Crippen LogP contribution < -0.4 is 10.6 Å². The Bertz CT molecular complexity index is 342. The minimum absolute atomic E-state index is 0.237. The fourth-order valence-corrected chi connectivity index (χ4v) is 2.54. The van der Waals surface area contributed by atoms with Crippen LogP contribution in [0.3, 0.4) is 0 Å². The largest absolute Gasteiger partial charge is 0.469 e. The van der Waals surface area contributed by atoms with Crippen molar-refractivity contribution in [2.24, 2.45) is 11.8 Å². The predicted molar refractivity (Wildman–Crippen MR) is 53.3 cm³/mol. The Kier molecular flexibility index (Phi) is 2.80. The quantitative estimate of drug-likeness (QED) is 0.605. The summed E-state index contributed by atoms with van der Waals surface area (Å²) in [5, 5.41) is 4.87. The molecule has 1 saturated heterocycles. The normalized spacial score (nSPS) is 33.4. The maximum Gasteiger partial charge on any atom is 0.321 e. The topological polar surface area (TPSA) is 84.5 Å². The first-order chi connectivity index (χ1) is 7.63. The molecule has 0 aromatic carbocycles. The molecule has 6 heteroatoms. The fraction of sp³-hybridized carbons (Fsp3) is 0.700. The molecule has 3 atom stereocenters. The van der Waals surface area contributed by atoms with E-state index in [1.165, 1.54) is 7.11 Å². The van der Waals surface area contributed by atoms with E-state index >= 15 is 0 Å². The summed E-state index contributed by atoms with van der Waals surface area (Å²) in [5.74, 6) is -1.67. The molecule has 0 spiro atoms. The van der Waals surface area contributed by atoms with Crippen molar-refractivity contribution in [3.63, 3.8) is 0 Å². The molecule has 0 bridgehead atoms. The summed E-state index contributed by atoms with van der Waals surface area (Å²) < 4.78 is 4.68. The van der Waals surface area contributed by atoms with Gasteiger partial charge in [0.15, 0.2) is 0 Å². The molecule has 2 aliphatic rings. The second-order valence-corrected chi connectivity index (χ2v) is 4.16. The first-order valence-electron chi connectivity index (χ1n) is 5.32. The summed E-state index contributed by atoms with van der Waals surface area (Å²) in [6.45, 7) is 0. The Morgan fingerprint density at radius 3 is 2.81 bits per heavy atom. The van der Waals surface area contributed by atoms with E-state index in [9.17, 15) is 14.4 Å². The van der Waals surface area contributed by atoms with Gasteiger partial charge in [0.2, 0.25) is 5.91 Å². The highest BCUT2D eigenvalue weighted by Crippen LogP contribution is 2.32. The van der Waals surface area contributed by atoms with E-state index in [0.717, 1.165) is 12.8 Å². The number of ether oxygens (including phenoxy) is 1. The highest BCUT2D eigenvalue weighted by atomic mass is 16.5. The lowest BCUT2D eigenvalue weighted by Gasteiger charge is -2.38. The number of amides is 3. The molecule has 1 saturated carbocycles. The summed E-state index contributed by atoms with van der Waals surface area (Å²) >= 11 is 0. The van der Waals surface area contributed by atoms with Crippen LogP contribution in [0, 0.1) is 11.8 Å². The molecule has 1 aliphatic carbocycles. The number of fused-ring (bicyclic) bond motifs is 1. The fourth-order valence-electron chi connectivity index (χ4n) is 2.54. The standard InChI is InChI=1S/C10H14N2O4/c1-16-9(14)5-3-2-4-6-7(5)8(13)12-10(15)11-6/h5-7H,2-4H2,1H3,(H2,11,12,13,15). The Hall–Kier alpha value is -1.59. The van der Waals surface area contributed by atoms with Gasteiger partial charge in [-0.15, -0.1) is 0 Å². The second-order valence-electron chi connectivity index (χ2n) is 4.16. The van der Waals surface area contributed by atoms with Crippen LogP contribution in [-0.2, 0) is 14.3 Å². The van der Waals surface area contributed by atoms with E-state index < -0.39 is 17.9 Å². The van der Waals surface area contributed by atoms with Gasteiger partial charge < -0.3 is 10.1 Å². The number of hydrogen-bond donors (Lipinski definition) is 2. The number of esters is 1. The lowest BCUT2D eigenvalue weighted by atomic mass is 9.74. The van der Waals surface area contributed by atoms with Crippen LogP contribution in [0.1, 0.15) is 19.3 Å². The molecular formula is C10H14N2O4. The highest BCUT2D eigenvalue weighted by Gasteiger charge is 2.46. The van der Waals surface area contributed by atoms with Gasteiger partial charge in [-0.05, 0) is 12.8 Å².